The smallest absolute Gasteiger partial charge is 0.349 e. The van der Waals surface area contributed by atoms with Crippen LogP contribution >= 0.6 is 0 Å². The Labute approximate surface area is 125 Å². The zero-order chi connectivity index (χ0) is 16.1. The lowest BCUT2D eigenvalue weighted by Gasteiger charge is -2.17. The summed E-state index contributed by atoms with van der Waals surface area (Å²) < 4.78 is 10.5. The van der Waals surface area contributed by atoms with Crippen LogP contribution in [0.5, 0.6) is 11.5 Å². The third-order valence-corrected chi connectivity index (χ3v) is 2.93. The van der Waals surface area contributed by atoms with Crippen LogP contribution in [0.3, 0.4) is 0 Å². The number of nitrogens with zero attached hydrogens (tertiary/aromatic N) is 1. The van der Waals surface area contributed by atoms with Crippen molar-refractivity contribution in [3.63, 3.8) is 0 Å². The van der Waals surface area contributed by atoms with Crippen LogP contribution in [0, 0.1) is 10.1 Å². The van der Waals surface area contributed by atoms with Gasteiger partial charge in [0.1, 0.15) is 0 Å². The van der Waals surface area contributed by atoms with Gasteiger partial charge in [-0.05, 0) is 6.07 Å². The molecule has 0 spiro atoms. The van der Waals surface area contributed by atoms with E-state index in [2.05, 4.69) is 0 Å². The Balaban J connectivity index is 2.39. The fourth-order valence-electron chi connectivity index (χ4n) is 1.89. The van der Waals surface area contributed by atoms with Gasteiger partial charge in [-0.2, -0.15) is 0 Å². The van der Waals surface area contributed by atoms with Gasteiger partial charge in [-0.15, -0.1) is 0 Å². The van der Waals surface area contributed by atoms with Crippen LogP contribution in [-0.2, 0) is 4.79 Å². The number of non-ortho nitro benzene ring substituents is 1. The number of benzene rings is 2. The third-order valence-electron chi connectivity index (χ3n) is 2.93. The first-order chi connectivity index (χ1) is 10.5. The molecule has 2 aromatic carbocycles. The Kier molecular flexibility index (Phi) is 4.57. The summed E-state index contributed by atoms with van der Waals surface area (Å²) in [6.45, 7) is 0. The summed E-state index contributed by atoms with van der Waals surface area (Å²) in [6.07, 6.45) is -1.29. The van der Waals surface area contributed by atoms with Crippen molar-refractivity contribution in [3.8, 4) is 11.5 Å². The molecule has 7 heteroatoms. The highest BCUT2D eigenvalue weighted by molar-refractivity contribution is 5.75. The molecule has 0 heterocycles. The second kappa shape index (κ2) is 6.57. The molecule has 0 aliphatic rings. The number of methoxy groups -OCH3 is 1. The highest BCUT2D eigenvalue weighted by Gasteiger charge is 2.24. The van der Waals surface area contributed by atoms with Crippen molar-refractivity contribution < 1.29 is 24.3 Å². The Morgan fingerprint density at radius 2 is 1.86 bits per heavy atom. The van der Waals surface area contributed by atoms with Crippen LogP contribution in [-0.4, -0.2) is 23.1 Å². The number of carboxylic acid groups (broad SMARTS) is 1. The number of hydrogen-bond acceptors (Lipinski definition) is 5. The molecule has 2 aromatic rings. The maximum atomic E-state index is 11.4. The molecule has 0 fully saturated rings. The van der Waals surface area contributed by atoms with Gasteiger partial charge in [0.25, 0.3) is 5.69 Å². The molecule has 0 aromatic heterocycles. The van der Waals surface area contributed by atoms with E-state index in [1.54, 1.807) is 30.3 Å². The van der Waals surface area contributed by atoms with E-state index in [1.807, 2.05) is 0 Å². The van der Waals surface area contributed by atoms with Gasteiger partial charge in [-0.3, -0.25) is 10.1 Å². The van der Waals surface area contributed by atoms with E-state index in [1.165, 1.54) is 19.2 Å². The molecule has 0 aliphatic carbocycles. The lowest BCUT2D eigenvalue weighted by atomic mass is 10.1. The van der Waals surface area contributed by atoms with Gasteiger partial charge < -0.3 is 14.6 Å². The van der Waals surface area contributed by atoms with Crippen LogP contribution in [0.25, 0.3) is 0 Å². The molecule has 7 nitrogen and oxygen atoms in total. The zero-order valence-electron chi connectivity index (χ0n) is 11.6. The summed E-state index contributed by atoms with van der Waals surface area (Å²) in [6, 6.07) is 12.1. The number of nitro groups is 1. The molecular formula is C15H13NO6. The van der Waals surface area contributed by atoms with Crippen LogP contribution < -0.4 is 9.47 Å². The normalized spacial score (nSPS) is 11.5. The predicted octanol–water partition coefficient (Wildman–Crippen LogP) is 2.81. The number of carboxylic acids is 1. The fourth-order valence-corrected chi connectivity index (χ4v) is 1.89. The maximum Gasteiger partial charge on any atom is 0.349 e. The van der Waals surface area contributed by atoms with Crippen molar-refractivity contribution in [2.75, 3.05) is 7.11 Å². The van der Waals surface area contributed by atoms with E-state index < -0.39 is 17.0 Å². The molecule has 1 N–H and O–H groups in total. The first-order valence-corrected chi connectivity index (χ1v) is 6.29. The van der Waals surface area contributed by atoms with Gasteiger partial charge in [0, 0.05) is 11.6 Å². The van der Waals surface area contributed by atoms with Gasteiger partial charge >= 0.3 is 5.97 Å². The molecular weight excluding hydrogens is 290 g/mol. The topological polar surface area (TPSA) is 98.9 Å². The number of carbonyl (C=O) groups is 1. The first kappa shape index (κ1) is 15.3. The lowest BCUT2D eigenvalue weighted by molar-refractivity contribution is -0.385. The number of aliphatic carboxylic acids is 1. The largest absolute Gasteiger partial charge is 0.493 e. The molecule has 0 amide bonds. The van der Waals surface area contributed by atoms with E-state index in [0.717, 1.165) is 6.07 Å². The van der Waals surface area contributed by atoms with Crippen molar-refractivity contribution in [2.24, 2.45) is 0 Å². The minimum absolute atomic E-state index is 0.00652. The molecule has 1 unspecified atom stereocenters. The van der Waals surface area contributed by atoms with E-state index in [-0.39, 0.29) is 17.2 Å². The number of rotatable bonds is 6. The van der Waals surface area contributed by atoms with Gasteiger partial charge in [-0.25, -0.2) is 4.79 Å². The Morgan fingerprint density at radius 1 is 1.18 bits per heavy atom. The van der Waals surface area contributed by atoms with Crippen LogP contribution in [0.15, 0.2) is 48.5 Å². The van der Waals surface area contributed by atoms with Crippen molar-refractivity contribution in [3.05, 3.63) is 64.2 Å². The van der Waals surface area contributed by atoms with E-state index in [0.29, 0.717) is 5.56 Å². The van der Waals surface area contributed by atoms with E-state index >= 15 is 0 Å². The maximum absolute atomic E-state index is 11.4. The SMILES string of the molecule is COc1ccc([N+](=O)[O-])cc1OC(C(=O)O)c1ccccc1. The van der Waals surface area contributed by atoms with Crippen molar-refractivity contribution in [2.45, 2.75) is 6.10 Å². The molecule has 0 aliphatic heterocycles. The number of nitro benzene ring substituents is 1. The fraction of sp³-hybridized carbons (Fsp3) is 0.133. The Bertz CT molecular complexity index is 686. The minimum atomic E-state index is -1.29. The summed E-state index contributed by atoms with van der Waals surface area (Å²) >= 11 is 0. The molecule has 114 valence electrons. The Morgan fingerprint density at radius 3 is 2.41 bits per heavy atom. The van der Waals surface area contributed by atoms with Crippen LogP contribution in [0.4, 0.5) is 5.69 Å². The van der Waals surface area contributed by atoms with Gasteiger partial charge in [0.05, 0.1) is 18.1 Å². The summed E-state index contributed by atoms with van der Waals surface area (Å²) in [5, 5.41) is 20.2. The molecule has 0 saturated carbocycles. The molecule has 22 heavy (non-hydrogen) atoms. The van der Waals surface area contributed by atoms with Crippen molar-refractivity contribution >= 4 is 11.7 Å². The van der Waals surface area contributed by atoms with Gasteiger partial charge in [0.15, 0.2) is 11.5 Å². The first-order valence-electron chi connectivity index (χ1n) is 6.29. The van der Waals surface area contributed by atoms with Crippen LogP contribution in [0.1, 0.15) is 11.7 Å². The third kappa shape index (κ3) is 3.32. The van der Waals surface area contributed by atoms with Gasteiger partial charge in [0.2, 0.25) is 6.10 Å². The summed E-state index contributed by atoms with van der Waals surface area (Å²) in [5.74, 6) is -1.000. The monoisotopic (exact) mass is 303 g/mol. The summed E-state index contributed by atoms with van der Waals surface area (Å²) in [4.78, 5) is 21.7. The highest BCUT2D eigenvalue weighted by Crippen LogP contribution is 2.34. The molecule has 0 saturated heterocycles. The average Bonchev–Trinajstić information content (AvgIpc) is 2.52. The molecule has 0 radical (unpaired) electrons. The zero-order valence-corrected chi connectivity index (χ0v) is 11.6. The number of hydrogen-bond donors (Lipinski definition) is 1. The van der Waals surface area contributed by atoms with Crippen molar-refractivity contribution in [1.29, 1.82) is 0 Å². The molecule has 0 bridgehead atoms. The minimum Gasteiger partial charge on any atom is -0.493 e. The summed E-state index contributed by atoms with van der Waals surface area (Å²) in [5.41, 5.74) is 0.205. The van der Waals surface area contributed by atoms with Gasteiger partial charge in [-0.1, -0.05) is 30.3 Å². The van der Waals surface area contributed by atoms with E-state index in [9.17, 15) is 20.0 Å². The predicted molar refractivity (Wildman–Crippen MR) is 77.1 cm³/mol. The second-order valence-electron chi connectivity index (χ2n) is 4.34. The number of ether oxygens (including phenoxy) is 2. The summed E-state index contributed by atoms with van der Waals surface area (Å²) in [7, 11) is 1.37. The second-order valence-corrected chi connectivity index (χ2v) is 4.34. The van der Waals surface area contributed by atoms with E-state index in [4.69, 9.17) is 9.47 Å². The quantitative estimate of drug-likeness (QED) is 0.650. The standard InChI is InChI=1S/C15H13NO6/c1-21-12-8-7-11(16(19)20)9-13(12)22-14(15(17)18)10-5-3-2-4-6-10/h2-9,14H,1H3,(H,17,18). The van der Waals surface area contributed by atoms with Crippen molar-refractivity contribution in [1.82, 2.24) is 0 Å². The van der Waals surface area contributed by atoms with Crippen LogP contribution in [0.2, 0.25) is 0 Å². The highest BCUT2D eigenvalue weighted by atomic mass is 16.6. The average molecular weight is 303 g/mol. The molecule has 2 rings (SSSR count). The Hall–Kier alpha value is -3.09. The lowest BCUT2D eigenvalue weighted by Crippen LogP contribution is -2.18. The molecule has 1 atom stereocenters.